The molecule has 0 aliphatic carbocycles. The Bertz CT molecular complexity index is 500. The van der Waals surface area contributed by atoms with Gasteiger partial charge in [-0.05, 0) is 17.7 Å². The van der Waals surface area contributed by atoms with Crippen molar-refractivity contribution in [3.05, 3.63) is 29.8 Å². The Balaban J connectivity index is 2.56. The van der Waals surface area contributed by atoms with Crippen LogP contribution in [0.25, 0.3) is 0 Å². The van der Waals surface area contributed by atoms with Crippen LogP contribution >= 0.6 is 11.6 Å². The molecule has 1 aromatic carbocycles. The minimum atomic E-state index is -3.31. The smallest absolute Gasteiger partial charge is 0.221 e. The average molecular weight is 291 g/mol. The van der Waals surface area contributed by atoms with Crippen LogP contribution in [0.3, 0.4) is 0 Å². The maximum atomic E-state index is 11.4. The predicted octanol–water partition coefficient (Wildman–Crippen LogP) is 1.30. The number of halogens is 1. The number of rotatable bonds is 6. The van der Waals surface area contributed by atoms with Gasteiger partial charge in [0.1, 0.15) is 0 Å². The lowest BCUT2D eigenvalue weighted by Gasteiger charge is -2.06. The van der Waals surface area contributed by atoms with Crippen molar-refractivity contribution in [1.29, 1.82) is 0 Å². The summed E-state index contributed by atoms with van der Waals surface area (Å²) in [5, 5.41) is 2.63. The van der Waals surface area contributed by atoms with Crippen LogP contribution in [0, 0.1) is 0 Å². The van der Waals surface area contributed by atoms with Crippen molar-refractivity contribution in [3.8, 4) is 0 Å². The van der Waals surface area contributed by atoms with Gasteiger partial charge in [0.2, 0.25) is 15.9 Å². The summed E-state index contributed by atoms with van der Waals surface area (Å²) >= 11 is 5.38. The number of hydrogen-bond donors (Lipinski definition) is 2. The highest BCUT2D eigenvalue weighted by molar-refractivity contribution is 7.89. The van der Waals surface area contributed by atoms with Gasteiger partial charge in [0.05, 0.1) is 5.75 Å². The van der Waals surface area contributed by atoms with Gasteiger partial charge in [-0.25, -0.2) is 13.1 Å². The molecule has 2 N–H and O–H groups in total. The molecular formula is C11H15ClN2O3S. The van der Waals surface area contributed by atoms with Crippen LogP contribution in [-0.2, 0) is 21.4 Å². The van der Waals surface area contributed by atoms with E-state index in [1.165, 1.54) is 6.92 Å². The molecule has 0 saturated heterocycles. The first-order chi connectivity index (χ1) is 8.43. The number of anilines is 1. The van der Waals surface area contributed by atoms with Gasteiger partial charge in [-0.15, -0.1) is 11.6 Å². The zero-order valence-electron chi connectivity index (χ0n) is 9.94. The first-order valence-electron chi connectivity index (χ1n) is 5.33. The fraction of sp³-hybridized carbons (Fsp3) is 0.364. The van der Waals surface area contributed by atoms with Crippen LogP contribution in [0.5, 0.6) is 0 Å². The normalized spacial score (nSPS) is 11.2. The van der Waals surface area contributed by atoms with Crippen molar-refractivity contribution in [2.24, 2.45) is 0 Å². The maximum Gasteiger partial charge on any atom is 0.221 e. The monoisotopic (exact) mass is 290 g/mol. The summed E-state index contributed by atoms with van der Waals surface area (Å²) in [5.41, 5.74) is 1.48. The van der Waals surface area contributed by atoms with Gasteiger partial charge in [-0.3, -0.25) is 4.79 Å². The average Bonchev–Trinajstić information content (AvgIpc) is 2.27. The van der Waals surface area contributed by atoms with E-state index in [1.807, 2.05) is 0 Å². The van der Waals surface area contributed by atoms with Crippen molar-refractivity contribution in [2.75, 3.05) is 16.9 Å². The van der Waals surface area contributed by atoms with Gasteiger partial charge in [-0.1, -0.05) is 12.1 Å². The van der Waals surface area contributed by atoms with Crippen molar-refractivity contribution in [1.82, 2.24) is 4.72 Å². The third-order valence-corrected chi connectivity index (χ3v) is 3.86. The molecule has 0 atom stereocenters. The lowest BCUT2D eigenvalue weighted by atomic mass is 10.2. The molecule has 5 nitrogen and oxygen atoms in total. The van der Waals surface area contributed by atoms with E-state index in [2.05, 4.69) is 10.0 Å². The Morgan fingerprint density at radius 1 is 1.28 bits per heavy atom. The molecule has 1 rings (SSSR count). The molecule has 0 saturated carbocycles. The molecule has 0 aliphatic heterocycles. The minimum absolute atomic E-state index is 0.0663. The third kappa shape index (κ3) is 5.48. The van der Waals surface area contributed by atoms with E-state index in [1.54, 1.807) is 24.3 Å². The molecule has 1 aromatic rings. The highest BCUT2D eigenvalue weighted by Gasteiger charge is 2.08. The molecule has 7 heteroatoms. The van der Waals surface area contributed by atoms with Crippen molar-refractivity contribution < 1.29 is 13.2 Å². The van der Waals surface area contributed by atoms with E-state index in [-0.39, 0.29) is 24.1 Å². The Morgan fingerprint density at radius 2 is 1.89 bits per heavy atom. The minimum Gasteiger partial charge on any atom is -0.326 e. The first kappa shape index (κ1) is 14.9. The van der Waals surface area contributed by atoms with E-state index in [0.29, 0.717) is 5.69 Å². The third-order valence-electron chi connectivity index (χ3n) is 2.12. The summed E-state index contributed by atoms with van der Waals surface area (Å²) in [6.07, 6.45) is 0. The Hall–Kier alpha value is -1.11. The molecule has 0 aromatic heterocycles. The lowest BCUT2D eigenvalue weighted by Crippen LogP contribution is -2.26. The highest BCUT2D eigenvalue weighted by Crippen LogP contribution is 2.09. The molecule has 0 aliphatic rings. The van der Waals surface area contributed by atoms with Crippen LogP contribution < -0.4 is 10.0 Å². The second-order valence-corrected chi connectivity index (χ2v) is 6.01. The summed E-state index contributed by atoms with van der Waals surface area (Å²) < 4.78 is 25.2. The fourth-order valence-electron chi connectivity index (χ4n) is 1.28. The van der Waals surface area contributed by atoms with Crippen molar-refractivity contribution in [2.45, 2.75) is 13.5 Å². The summed E-state index contributed by atoms with van der Waals surface area (Å²) in [4.78, 5) is 10.8. The maximum absolute atomic E-state index is 11.4. The molecule has 0 heterocycles. The number of carbonyl (C=O) groups excluding carboxylic acids is 1. The summed E-state index contributed by atoms with van der Waals surface area (Å²) in [7, 11) is -3.31. The second kappa shape index (κ2) is 6.72. The van der Waals surface area contributed by atoms with Gasteiger partial charge in [0, 0.05) is 25.0 Å². The standard InChI is InChI=1S/C11H15ClN2O3S/c1-9(15)14-11-4-2-10(3-5-11)8-13-18(16,17)7-6-12/h2-5,13H,6-8H2,1H3,(H,14,15). The number of benzene rings is 1. The number of sulfonamides is 1. The number of nitrogens with one attached hydrogen (secondary N) is 2. The Kier molecular flexibility index (Phi) is 5.58. The van der Waals surface area contributed by atoms with Gasteiger partial charge >= 0.3 is 0 Å². The largest absolute Gasteiger partial charge is 0.326 e. The quantitative estimate of drug-likeness (QED) is 0.776. The van der Waals surface area contributed by atoms with E-state index < -0.39 is 10.0 Å². The SMILES string of the molecule is CC(=O)Nc1ccc(CNS(=O)(=O)CCCl)cc1. The number of hydrogen-bond acceptors (Lipinski definition) is 3. The summed E-state index contributed by atoms with van der Waals surface area (Å²) in [6, 6.07) is 6.92. The summed E-state index contributed by atoms with van der Waals surface area (Å²) in [6.45, 7) is 1.63. The molecule has 0 unspecified atom stereocenters. The zero-order chi connectivity index (χ0) is 13.6. The number of alkyl halides is 1. The van der Waals surface area contributed by atoms with E-state index in [4.69, 9.17) is 11.6 Å². The van der Waals surface area contributed by atoms with Crippen LogP contribution in [0.15, 0.2) is 24.3 Å². The molecule has 1 amide bonds. The predicted molar refractivity (Wildman–Crippen MR) is 72.1 cm³/mol. The van der Waals surface area contributed by atoms with Crippen LogP contribution in [0.4, 0.5) is 5.69 Å². The van der Waals surface area contributed by atoms with Gasteiger partial charge in [-0.2, -0.15) is 0 Å². The lowest BCUT2D eigenvalue weighted by molar-refractivity contribution is -0.114. The van der Waals surface area contributed by atoms with Gasteiger partial charge in [0.25, 0.3) is 0 Å². The zero-order valence-corrected chi connectivity index (χ0v) is 11.5. The van der Waals surface area contributed by atoms with Gasteiger partial charge < -0.3 is 5.32 Å². The first-order valence-corrected chi connectivity index (χ1v) is 7.51. The van der Waals surface area contributed by atoms with Crippen molar-refractivity contribution in [3.63, 3.8) is 0 Å². The summed E-state index contributed by atoms with van der Waals surface area (Å²) in [5.74, 6) is -0.180. The van der Waals surface area contributed by atoms with E-state index in [0.717, 1.165) is 5.56 Å². The molecule has 0 bridgehead atoms. The van der Waals surface area contributed by atoms with Crippen LogP contribution in [-0.4, -0.2) is 26.0 Å². The van der Waals surface area contributed by atoms with Crippen molar-refractivity contribution >= 4 is 33.2 Å². The van der Waals surface area contributed by atoms with Gasteiger partial charge in [0.15, 0.2) is 0 Å². The molecule has 100 valence electrons. The fourth-order valence-corrected chi connectivity index (χ4v) is 2.62. The van der Waals surface area contributed by atoms with Crippen LogP contribution in [0.2, 0.25) is 0 Å². The van der Waals surface area contributed by atoms with Crippen LogP contribution in [0.1, 0.15) is 12.5 Å². The van der Waals surface area contributed by atoms with E-state index >= 15 is 0 Å². The number of amides is 1. The molecule has 18 heavy (non-hydrogen) atoms. The topological polar surface area (TPSA) is 75.3 Å². The molecule has 0 fully saturated rings. The van der Waals surface area contributed by atoms with E-state index in [9.17, 15) is 13.2 Å². The molecular weight excluding hydrogens is 276 g/mol. The Labute approximate surface area is 112 Å². The highest BCUT2D eigenvalue weighted by atomic mass is 35.5. The Morgan fingerprint density at radius 3 is 2.39 bits per heavy atom. The second-order valence-electron chi connectivity index (χ2n) is 3.71. The molecule has 0 radical (unpaired) electrons. The molecule has 0 spiro atoms. The number of carbonyl (C=O) groups is 1.